The minimum absolute atomic E-state index is 0.0940. The van der Waals surface area contributed by atoms with E-state index >= 15 is 0 Å². The van der Waals surface area contributed by atoms with Crippen LogP contribution in [0.4, 0.5) is 0 Å². The minimum atomic E-state index is -2.95. The van der Waals surface area contributed by atoms with E-state index in [4.69, 9.17) is 0 Å². The zero-order chi connectivity index (χ0) is 15.6. The fourth-order valence-electron chi connectivity index (χ4n) is 4.02. The molecule has 2 aliphatic heterocycles. The summed E-state index contributed by atoms with van der Waals surface area (Å²) in [6.45, 7) is 4.08. The van der Waals surface area contributed by atoms with Gasteiger partial charge in [0.25, 0.3) is 0 Å². The first-order chi connectivity index (χ1) is 10.6. The van der Waals surface area contributed by atoms with Crippen molar-refractivity contribution < 1.29 is 13.2 Å². The number of rotatable bonds is 4. The summed E-state index contributed by atoms with van der Waals surface area (Å²) in [5.74, 6) is 0.536. The highest BCUT2D eigenvalue weighted by molar-refractivity contribution is 7.91. The first-order valence-electron chi connectivity index (χ1n) is 8.50. The maximum atomic E-state index is 12.9. The molecular formula is C15H27N3O3S. The Hall–Kier alpha value is -0.660. The smallest absolute Gasteiger partial charge is 0.237 e. The number of nitrogens with one attached hydrogen (secondary N) is 1. The van der Waals surface area contributed by atoms with Gasteiger partial charge >= 0.3 is 0 Å². The molecule has 3 aliphatic rings. The molecule has 0 aromatic heterocycles. The normalized spacial score (nSPS) is 29.7. The van der Waals surface area contributed by atoms with E-state index in [0.717, 1.165) is 51.9 Å². The number of amides is 1. The zero-order valence-corrected chi connectivity index (χ0v) is 14.0. The van der Waals surface area contributed by atoms with Crippen LogP contribution in [0.1, 0.15) is 32.1 Å². The average Bonchev–Trinajstić information content (AvgIpc) is 3.11. The molecule has 2 saturated heterocycles. The Bertz CT molecular complexity index is 496. The molecule has 0 aromatic rings. The van der Waals surface area contributed by atoms with Crippen LogP contribution in [0.2, 0.25) is 0 Å². The monoisotopic (exact) mass is 329 g/mol. The highest BCUT2D eigenvalue weighted by Crippen LogP contribution is 2.29. The van der Waals surface area contributed by atoms with Gasteiger partial charge in [-0.1, -0.05) is 12.8 Å². The highest BCUT2D eigenvalue weighted by atomic mass is 32.2. The fourth-order valence-corrected chi connectivity index (χ4v) is 5.74. The number of nitrogens with zero attached hydrogens (tertiary/aromatic N) is 2. The number of sulfone groups is 1. The summed E-state index contributed by atoms with van der Waals surface area (Å²) < 4.78 is 23.6. The molecule has 7 heteroatoms. The molecule has 6 nitrogen and oxygen atoms in total. The van der Waals surface area contributed by atoms with Crippen LogP contribution in [0.15, 0.2) is 0 Å². The predicted molar refractivity (Wildman–Crippen MR) is 85.5 cm³/mol. The third kappa shape index (κ3) is 3.81. The number of piperazine rings is 1. The van der Waals surface area contributed by atoms with E-state index in [0.29, 0.717) is 13.0 Å². The first kappa shape index (κ1) is 16.2. The van der Waals surface area contributed by atoms with E-state index in [1.807, 2.05) is 4.90 Å². The molecule has 22 heavy (non-hydrogen) atoms. The maximum absolute atomic E-state index is 12.9. The van der Waals surface area contributed by atoms with Crippen LogP contribution in [-0.2, 0) is 14.6 Å². The fraction of sp³-hybridized carbons (Fsp3) is 0.933. The van der Waals surface area contributed by atoms with Crippen molar-refractivity contribution in [2.45, 2.75) is 44.2 Å². The molecule has 1 unspecified atom stereocenters. The summed E-state index contributed by atoms with van der Waals surface area (Å²) in [5, 5.41) is 3.29. The molecule has 1 amide bonds. The molecular weight excluding hydrogens is 302 g/mol. The van der Waals surface area contributed by atoms with Crippen LogP contribution < -0.4 is 5.32 Å². The molecule has 0 spiro atoms. The van der Waals surface area contributed by atoms with Crippen molar-refractivity contribution in [1.29, 1.82) is 0 Å². The molecule has 126 valence electrons. The van der Waals surface area contributed by atoms with Crippen molar-refractivity contribution in [2.24, 2.45) is 0 Å². The molecule has 1 saturated carbocycles. The molecule has 1 atom stereocenters. The lowest BCUT2D eigenvalue weighted by atomic mass is 10.1. The second-order valence-corrected chi connectivity index (χ2v) is 9.05. The molecule has 3 fully saturated rings. The summed E-state index contributed by atoms with van der Waals surface area (Å²) in [5.41, 5.74) is 0. The SMILES string of the molecule is O=C(CN1CCNCC1)N(C1CCCC1)C1CCS(=O)(=O)C1. The van der Waals surface area contributed by atoms with E-state index in [1.165, 1.54) is 0 Å². The maximum Gasteiger partial charge on any atom is 0.237 e. The van der Waals surface area contributed by atoms with Crippen molar-refractivity contribution >= 4 is 15.7 Å². The second-order valence-electron chi connectivity index (χ2n) is 6.82. The summed E-state index contributed by atoms with van der Waals surface area (Å²) in [7, 11) is -2.95. The lowest BCUT2D eigenvalue weighted by Gasteiger charge is -2.36. The van der Waals surface area contributed by atoms with Gasteiger partial charge in [-0.3, -0.25) is 9.69 Å². The molecule has 3 rings (SSSR count). The van der Waals surface area contributed by atoms with E-state index in [9.17, 15) is 13.2 Å². The van der Waals surface area contributed by atoms with Crippen LogP contribution in [-0.4, -0.2) is 80.4 Å². The Morgan fingerprint density at radius 2 is 1.77 bits per heavy atom. The van der Waals surface area contributed by atoms with Gasteiger partial charge in [0.1, 0.15) is 0 Å². The molecule has 1 N–H and O–H groups in total. The van der Waals surface area contributed by atoms with Gasteiger partial charge in [0.2, 0.25) is 5.91 Å². The largest absolute Gasteiger partial charge is 0.335 e. The number of hydrogen-bond donors (Lipinski definition) is 1. The van der Waals surface area contributed by atoms with E-state index < -0.39 is 9.84 Å². The van der Waals surface area contributed by atoms with E-state index in [1.54, 1.807) is 0 Å². The van der Waals surface area contributed by atoms with Crippen molar-refractivity contribution in [3.05, 3.63) is 0 Å². The molecule has 0 aromatic carbocycles. The van der Waals surface area contributed by atoms with Crippen molar-refractivity contribution in [1.82, 2.24) is 15.1 Å². The van der Waals surface area contributed by atoms with Gasteiger partial charge in [0.05, 0.1) is 18.1 Å². The third-order valence-corrected chi connectivity index (χ3v) is 6.93. The van der Waals surface area contributed by atoms with E-state index in [2.05, 4.69) is 10.2 Å². The quantitative estimate of drug-likeness (QED) is 0.777. The van der Waals surface area contributed by atoms with Gasteiger partial charge in [-0.2, -0.15) is 0 Å². The van der Waals surface area contributed by atoms with Crippen molar-refractivity contribution in [3.8, 4) is 0 Å². The molecule has 2 heterocycles. The topological polar surface area (TPSA) is 69.7 Å². The highest BCUT2D eigenvalue weighted by Gasteiger charge is 2.39. The Morgan fingerprint density at radius 3 is 2.36 bits per heavy atom. The van der Waals surface area contributed by atoms with Gasteiger partial charge in [0.15, 0.2) is 9.84 Å². The standard InChI is InChI=1S/C15H27N3O3S/c19-15(11-17-8-6-16-7-9-17)18(13-3-1-2-4-13)14-5-10-22(20,21)12-14/h13-14,16H,1-12H2. The Labute approximate surface area is 133 Å². The minimum Gasteiger partial charge on any atom is -0.335 e. The van der Waals surface area contributed by atoms with Gasteiger partial charge < -0.3 is 10.2 Å². The van der Waals surface area contributed by atoms with Crippen LogP contribution in [0.5, 0.6) is 0 Å². The molecule has 0 bridgehead atoms. The first-order valence-corrected chi connectivity index (χ1v) is 10.3. The summed E-state index contributed by atoms with van der Waals surface area (Å²) in [6.07, 6.45) is 4.99. The third-order valence-electron chi connectivity index (χ3n) is 5.18. The van der Waals surface area contributed by atoms with Crippen LogP contribution >= 0.6 is 0 Å². The number of carbonyl (C=O) groups excluding carboxylic acids is 1. The van der Waals surface area contributed by atoms with Crippen molar-refractivity contribution in [3.63, 3.8) is 0 Å². The van der Waals surface area contributed by atoms with Crippen molar-refractivity contribution in [2.75, 3.05) is 44.2 Å². The van der Waals surface area contributed by atoms with Crippen LogP contribution in [0, 0.1) is 0 Å². The predicted octanol–water partition coefficient (Wildman–Crippen LogP) is -0.150. The Balaban J connectivity index is 1.68. The zero-order valence-electron chi connectivity index (χ0n) is 13.2. The van der Waals surface area contributed by atoms with E-state index in [-0.39, 0.29) is 29.5 Å². The van der Waals surface area contributed by atoms with Gasteiger partial charge in [-0.15, -0.1) is 0 Å². The number of hydrogen-bond acceptors (Lipinski definition) is 5. The summed E-state index contributed by atoms with van der Waals surface area (Å²) >= 11 is 0. The second kappa shape index (κ2) is 6.84. The lowest BCUT2D eigenvalue weighted by Crippen LogP contribution is -2.53. The number of carbonyl (C=O) groups is 1. The van der Waals surface area contributed by atoms with Gasteiger partial charge in [-0.25, -0.2) is 8.42 Å². The van der Waals surface area contributed by atoms with Crippen LogP contribution in [0.3, 0.4) is 0 Å². The lowest BCUT2D eigenvalue weighted by molar-refractivity contribution is -0.137. The van der Waals surface area contributed by atoms with Gasteiger partial charge in [-0.05, 0) is 19.3 Å². The van der Waals surface area contributed by atoms with Crippen LogP contribution in [0.25, 0.3) is 0 Å². The Kier molecular flexibility index (Phi) is 5.04. The molecule has 0 radical (unpaired) electrons. The Morgan fingerprint density at radius 1 is 1.09 bits per heavy atom. The summed E-state index contributed by atoms with van der Waals surface area (Å²) in [4.78, 5) is 17.0. The average molecular weight is 329 g/mol. The summed E-state index contributed by atoms with van der Waals surface area (Å²) in [6, 6.07) is 0.164. The van der Waals surface area contributed by atoms with Gasteiger partial charge in [0, 0.05) is 38.3 Å². The molecule has 1 aliphatic carbocycles.